The van der Waals surface area contributed by atoms with Gasteiger partial charge in [-0.2, -0.15) is 5.26 Å². The number of nitrogens with one attached hydrogen (secondary N) is 2. The second kappa shape index (κ2) is 16.0. The number of aromatic nitrogens is 2. The Morgan fingerprint density at radius 3 is 2.21 bits per heavy atom. The Balaban J connectivity index is 0.822. The minimum absolute atomic E-state index is 0.0825. The number of piperidine rings is 2. The summed E-state index contributed by atoms with van der Waals surface area (Å²) in [5, 5.41) is 15.0. The van der Waals surface area contributed by atoms with Crippen LogP contribution < -0.4 is 25.2 Å². The zero-order valence-electron chi connectivity index (χ0n) is 35.4. The lowest BCUT2D eigenvalue weighted by atomic mass is 9.49. The highest BCUT2D eigenvalue weighted by molar-refractivity contribution is 6.31. The molecule has 4 fully saturated rings. The molecule has 4 aliphatic heterocycles. The van der Waals surface area contributed by atoms with Crippen LogP contribution in [0.4, 0.5) is 11.6 Å². The van der Waals surface area contributed by atoms with E-state index in [1.165, 1.54) is 0 Å². The molecule has 61 heavy (non-hydrogen) atoms. The maximum absolute atomic E-state index is 13.6. The van der Waals surface area contributed by atoms with E-state index in [2.05, 4.69) is 82.9 Å². The maximum Gasteiger partial charge on any atom is 0.262 e. The quantitative estimate of drug-likeness (QED) is 0.281. The highest BCUT2D eigenvalue weighted by Gasteiger charge is 2.64. The number of ether oxygens (including phenoxy) is 1. The molecule has 5 aliphatic rings. The average molecular weight is 850 g/mol. The number of fused-ring (bicyclic) bond motifs is 1. The SMILES string of the molecule is C[C@@H]1C[C@H](CN2CCN(c3ccc4c(c3)C(=O)N(C3CCC(=O)NC3=O)C4=O)CC2)C[C@H](C)N1c1ncc(C(=O)N[C@H]2C(C)(C)[C@H](Oc3ccc(C#N)c(Cl)c3)C2(C)C)cn1. The number of hydrogen-bond acceptors (Lipinski definition) is 12. The van der Waals surface area contributed by atoms with Gasteiger partial charge in [0.2, 0.25) is 17.8 Å². The van der Waals surface area contributed by atoms with Crippen molar-refractivity contribution in [3.8, 4) is 11.8 Å². The van der Waals surface area contributed by atoms with E-state index < -0.39 is 40.5 Å². The van der Waals surface area contributed by atoms with Crippen LogP contribution in [0.1, 0.15) is 104 Å². The first-order valence-electron chi connectivity index (χ1n) is 21.1. The number of amides is 5. The van der Waals surface area contributed by atoms with Crippen molar-refractivity contribution in [2.75, 3.05) is 42.5 Å². The number of carbonyl (C=O) groups is 5. The van der Waals surface area contributed by atoms with E-state index in [9.17, 15) is 29.2 Å². The topological polar surface area (TPSA) is 181 Å². The minimum atomic E-state index is -0.986. The Morgan fingerprint density at radius 1 is 0.934 bits per heavy atom. The van der Waals surface area contributed by atoms with Gasteiger partial charge in [0.05, 0.1) is 27.3 Å². The first kappa shape index (κ1) is 42.1. The molecule has 1 aliphatic carbocycles. The number of rotatable bonds is 9. The molecule has 2 aromatic carbocycles. The molecule has 3 saturated heterocycles. The summed E-state index contributed by atoms with van der Waals surface area (Å²) in [6.45, 7) is 16.9. The predicted octanol–water partition coefficient (Wildman–Crippen LogP) is 4.83. The van der Waals surface area contributed by atoms with Crippen molar-refractivity contribution in [2.24, 2.45) is 16.7 Å². The van der Waals surface area contributed by atoms with E-state index in [0.29, 0.717) is 39.3 Å². The molecule has 16 heteroatoms. The molecule has 15 nitrogen and oxygen atoms in total. The van der Waals surface area contributed by atoms with Gasteiger partial charge in [-0.05, 0) is 69.4 Å². The van der Waals surface area contributed by atoms with Gasteiger partial charge in [-0.3, -0.25) is 39.1 Å². The van der Waals surface area contributed by atoms with Crippen LogP contribution >= 0.6 is 11.6 Å². The lowest BCUT2D eigenvalue weighted by molar-refractivity contribution is -0.164. The van der Waals surface area contributed by atoms with Gasteiger partial charge in [0.15, 0.2) is 0 Å². The molecule has 0 bridgehead atoms. The summed E-state index contributed by atoms with van der Waals surface area (Å²) >= 11 is 6.26. The number of hydrogen-bond donors (Lipinski definition) is 2. The number of imide groups is 2. The van der Waals surface area contributed by atoms with Crippen molar-refractivity contribution in [1.82, 2.24) is 30.4 Å². The number of piperazine rings is 1. The van der Waals surface area contributed by atoms with E-state index in [-0.39, 0.29) is 48.5 Å². The van der Waals surface area contributed by atoms with Gasteiger partial charge in [-0.1, -0.05) is 39.3 Å². The van der Waals surface area contributed by atoms with Gasteiger partial charge in [0, 0.05) is 92.2 Å². The normalized spacial score (nSPS) is 27.2. The molecule has 320 valence electrons. The Bertz CT molecular complexity index is 2290. The van der Waals surface area contributed by atoms with Crippen LogP contribution in [0.2, 0.25) is 5.02 Å². The van der Waals surface area contributed by atoms with Gasteiger partial charge in [-0.15, -0.1) is 0 Å². The monoisotopic (exact) mass is 849 g/mol. The molecule has 2 N–H and O–H groups in total. The third kappa shape index (κ3) is 7.69. The minimum Gasteiger partial charge on any atom is -0.489 e. The van der Waals surface area contributed by atoms with E-state index >= 15 is 0 Å². The molecule has 1 saturated carbocycles. The zero-order chi connectivity index (χ0) is 43.5. The van der Waals surface area contributed by atoms with Crippen LogP contribution in [-0.4, -0.2) is 112 Å². The van der Waals surface area contributed by atoms with Gasteiger partial charge < -0.3 is 19.9 Å². The predicted molar refractivity (Wildman–Crippen MR) is 227 cm³/mol. The van der Waals surface area contributed by atoms with E-state index in [1.807, 2.05) is 6.07 Å². The Kier molecular flexibility index (Phi) is 11.1. The molecule has 0 spiro atoms. The fourth-order valence-corrected chi connectivity index (χ4v) is 11.1. The molecule has 3 aromatic rings. The average Bonchev–Trinajstić information content (AvgIpc) is 3.46. The Labute approximate surface area is 360 Å². The number of anilines is 2. The first-order valence-corrected chi connectivity index (χ1v) is 21.5. The van der Waals surface area contributed by atoms with Crippen molar-refractivity contribution in [3.05, 3.63) is 76.1 Å². The summed E-state index contributed by atoms with van der Waals surface area (Å²) in [5.41, 5.74) is 1.41. The number of benzene rings is 2. The Morgan fingerprint density at radius 2 is 1.59 bits per heavy atom. The lowest BCUT2D eigenvalue weighted by Crippen LogP contribution is -2.74. The lowest BCUT2D eigenvalue weighted by Gasteiger charge is -2.63. The standard InChI is InChI=1S/C45H52ClN9O6/c1-25-17-27(24-52-13-15-53(16-14-52)30-8-10-32-33(19-30)40(60)55(39(32)59)35-11-12-36(56)50-38(35)58)18-26(2)54(25)43-48-22-29(23-49-43)37(57)51-41-44(3,4)42(45(41,5)6)61-31-9-7-28(21-47)34(46)20-31/h7-10,19-20,22-23,25-27,35,41-42H,11-18,24H2,1-6H3,(H,51,57)(H,50,56,58)/t25-,26+,27+,35?,41-,42-. The van der Waals surface area contributed by atoms with Crippen LogP contribution in [0.15, 0.2) is 48.8 Å². The van der Waals surface area contributed by atoms with Crippen molar-refractivity contribution >= 4 is 52.8 Å². The molecule has 0 radical (unpaired) electrons. The highest BCUT2D eigenvalue weighted by atomic mass is 35.5. The molecule has 4 atom stereocenters. The summed E-state index contributed by atoms with van der Waals surface area (Å²) < 4.78 is 6.38. The summed E-state index contributed by atoms with van der Waals surface area (Å²) in [7, 11) is 0. The number of carbonyl (C=O) groups excluding carboxylic acids is 5. The molecule has 1 unspecified atom stereocenters. The van der Waals surface area contributed by atoms with E-state index in [1.54, 1.807) is 42.7 Å². The first-order chi connectivity index (χ1) is 29.0. The molecule has 5 heterocycles. The molecular formula is C45H52ClN9O6. The van der Waals surface area contributed by atoms with Crippen molar-refractivity contribution in [1.29, 1.82) is 5.26 Å². The van der Waals surface area contributed by atoms with Crippen LogP contribution in [0.3, 0.4) is 0 Å². The van der Waals surface area contributed by atoms with Crippen LogP contribution in [0, 0.1) is 28.1 Å². The van der Waals surface area contributed by atoms with Crippen molar-refractivity contribution in [3.63, 3.8) is 0 Å². The van der Waals surface area contributed by atoms with Gasteiger partial charge in [0.25, 0.3) is 17.7 Å². The molecule has 5 amide bonds. The molecular weight excluding hydrogens is 798 g/mol. The summed E-state index contributed by atoms with van der Waals surface area (Å²) in [4.78, 5) is 81.6. The number of nitriles is 1. The van der Waals surface area contributed by atoms with E-state index in [4.69, 9.17) is 16.3 Å². The van der Waals surface area contributed by atoms with Gasteiger partial charge in [0.1, 0.15) is 24.0 Å². The summed E-state index contributed by atoms with van der Waals surface area (Å²) in [5.74, 6) is -0.588. The van der Waals surface area contributed by atoms with Gasteiger partial charge >= 0.3 is 0 Å². The van der Waals surface area contributed by atoms with Crippen LogP contribution in [0.25, 0.3) is 0 Å². The second-order valence-corrected chi connectivity index (χ2v) is 18.9. The third-order valence-electron chi connectivity index (χ3n) is 13.5. The Hall–Kier alpha value is -5.59. The smallest absolute Gasteiger partial charge is 0.262 e. The molecule has 8 rings (SSSR count). The van der Waals surface area contributed by atoms with Crippen molar-refractivity contribution < 1.29 is 28.7 Å². The maximum atomic E-state index is 13.6. The van der Waals surface area contributed by atoms with E-state index in [0.717, 1.165) is 56.2 Å². The number of nitrogens with zero attached hydrogens (tertiary/aromatic N) is 7. The fourth-order valence-electron chi connectivity index (χ4n) is 10.9. The summed E-state index contributed by atoms with van der Waals surface area (Å²) in [6.07, 6.45) is 5.16. The largest absolute Gasteiger partial charge is 0.489 e. The van der Waals surface area contributed by atoms with Crippen molar-refractivity contribution in [2.45, 2.75) is 97.5 Å². The third-order valence-corrected chi connectivity index (χ3v) is 13.8. The number of halogens is 1. The van der Waals surface area contributed by atoms with Gasteiger partial charge in [-0.25, -0.2) is 9.97 Å². The fraction of sp³-hybridized carbons (Fsp3) is 0.511. The van der Waals surface area contributed by atoms with Crippen LogP contribution in [0.5, 0.6) is 5.75 Å². The summed E-state index contributed by atoms with van der Waals surface area (Å²) in [6, 6.07) is 11.6. The van der Waals surface area contributed by atoms with Crippen LogP contribution in [-0.2, 0) is 9.59 Å². The second-order valence-electron chi connectivity index (χ2n) is 18.5. The highest BCUT2D eigenvalue weighted by Crippen LogP contribution is 2.55. The zero-order valence-corrected chi connectivity index (χ0v) is 36.2. The molecule has 1 aromatic heterocycles.